The zero-order chi connectivity index (χ0) is 13.8. The van der Waals surface area contributed by atoms with E-state index in [9.17, 15) is 9.18 Å². The first-order valence-corrected chi connectivity index (χ1v) is 6.00. The van der Waals surface area contributed by atoms with Crippen LogP contribution in [0.3, 0.4) is 0 Å². The molecule has 1 aliphatic rings. The van der Waals surface area contributed by atoms with Crippen molar-refractivity contribution in [2.75, 3.05) is 13.1 Å². The summed E-state index contributed by atoms with van der Waals surface area (Å²) < 4.78 is 12.8. The SMILES string of the molecule is N/C(=N/O)C1CCCN(C(=O)c2ccc(F)cn2)C1. The van der Waals surface area contributed by atoms with Crippen molar-refractivity contribution in [2.24, 2.45) is 16.8 Å². The Hall–Kier alpha value is -2.18. The Balaban J connectivity index is 2.09. The van der Waals surface area contributed by atoms with Gasteiger partial charge in [0.15, 0.2) is 0 Å². The fraction of sp³-hybridized carbons (Fsp3) is 0.417. The largest absolute Gasteiger partial charge is 0.409 e. The number of nitrogens with two attached hydrogens (primary N) is 1. The molecule has 1 unspecified atom stereocenters. The number of carbonyl (C=O) groups excluding carboxylic acids is 1. The summed E-state index contributed by atoms with van der Waals surface area (Å²) in [6.07, 6.45) is 2.56. The van der Waals surface area contributed by atoms with Gasteiger partial charge < -0.3 is 15.8 Å². The number of nitrogens with zero attached hydrogens (tertiary/aromatic N) is 3. The van der Waals surface area contributed by atoms with E-state index in [0.29, 0.717) is 13.1 Å². The Morgan fingerprint density at radius 1 is 1.58 bits per heavy atom. The van der Waals surface area contributed by atoms with E-state index in [1.54, 1.807) is 4.90 Å². The van der Waals surface area contributed by atoms with Gasteiger partial charge in [-0.3, -0.25) is 4.79 Å². The summed E-state index contributed by atoms with van der Waals surface area (Å²) in [5, 5.41) is 11.6. The van der Waals surface area contributed by atoms with Gasteiger partial charge in [-0.1, -0.05) is 5.16 Å². The third-order valence-corrected chi connectivity index (χ3v) is 3.19. The molecule has 3 N–H and O–H groups in total. The van der Waals surface area contributed by atoms with Crippen molar-refractivity contribution in [3.05, 3.63) is 29.8 Å². The standard InChI is InChI=1S/C12H15FN4O2/c13-9-3-4-10(15-6-9)12(18)17-5-1-2-8(7-17)11(14)16-19/h3-4,6,8,19H,1-2,5,7H2,(H2,14,16). The van der Waals surface area contributed by atoms with Crippen molar-refractivity contribution in [2.45, 2.75) is 12.8 Å². The van der Waals surface area contributed by atoms with E-state index < -0.39 is 5.82 Å². The molecule has 0 aromatic carbocycles. The van der Waals surface area contributed by atoms with Crippen molar-refractivity contribution in [3.63, 3.8) is 0 Å². The van der Waals surface area contributed by atoms with Crippen LogP contribution in [0.4, 0.5) is 4.39 Å². The molecule has 6 nitrogen and oxygen atoms in total. The second-order valence-electron chi connectivity index (χ2n) is 4.48. The normalized spacial score (nSPS) is 20.4. The van der Waals surface area contributed by atoms with Crippen molar-refractivity contribution in [3.8, 4) is 0 Å². The van der Waals surface area contributed by atoms with Crippen molar-refractivity contribution >= 4 is 11.7 Å². The maximum atomic E-state index is 12.8. The molecule has 0 radical (unpaired) electrons. The van der Waals surface area contributed by atoms with Crippen LogP contribution in [0.15, 0.2) is 23.5 Å². The fourth-order valence-electron chi connectivity index (χ4n) is 2.15. The lowest BCUT2D eigenvalue weighted by atomic mass is 9.97. The molecule has 1 atom stereocenters. The van der Waals surface area contributed by atoms with E-state index in [4.69, 9.17) is 10.9 Å². The quantitative estimate of drug-likeness (QED) is 0.359. The summed E-state index contributed by atoms with van der Waals surface area (Å²) >= 11 is 0. The molecule has 0 spiro atoms. The average Bonchev–Trinajstić information content (AvgIpc) is 2.46. The molecule has 1 aromatic heterocycles. The number of amides is 1. The second kappa shape index (κ2) is 5.64. The van der Waals surface area contributed by atoms with Gasteiger partial charge in [-0.15, -0.1) is 0 Å². The van der Waals surface area contributed by atoms with Gasteiger partial charge in [0.25, 0.3) is 5.91 Å². The molecular weight excluding hydrogens is 251 g/mol. The number of rotatable bonds is 2. The first kappa shape index (κ1) is 13.3. The minimum atomic E-state index is -0.482. The van der Waals surface area contributed by atoms with Crippen LogP contribution in [-0.4, -0.2) is 39.9 Å². The van der Waals surface area contributed by atoms with Crippen molar-refractivity contribution < 1.29 is 14.4 Å². The molecule has 0 bridgehead atoms. The first-order chi connectivity index (χ1) is 9.11. The summed E-state index contributed by atoms with van der Waals surface area (Å²) in [4.78, 5) is 17.5. The molecular formula is C12H15FN4O2. The summed E-state index contributed by atoms with van der Waals surface area (Å²) in [6.45, 7) is 0.973. The molecule has 2 heterocycles. The Morgan fingerprint density at radius 3 is 3.00 bits per heavy atom. The van der Waals surface area contributed by atoms with Gasteiger partial charge in [0.2, 0.25) is 0 Å². The predicted molar refractivity (Wildman–Crippen MR) is 66.2 cm³/mol. The lowest BCUT2D eigenvalue weighted by molar-refractivity contribution is 0.0695. The highest BCUT2D eigenvalue weighted by Crippen LogP contribution is 2.18. The molecule has 1 saturated heterocycles. The van der Waals surface area contributed by atoms with E-state index in [-0.39, 0.29) is 23.4 Å². The van der Waals surface area contributed by atoms with E-state index in [1.807, 2.05) is 0 Å². The van der Waals surface area contributed by atoms with Gasteiger partial charge in [-0.25, -0.2) is 9.37 Å². The topological polar surface area (TPSA) is 91.8 Å². The van der Waals surface area contributed by atoms with Gasteiger partial charge in [0, 0.05) is 19.0 Å². The first-order valence-electron chi connectivity index (χ1n) is 6.00. The molecule has 1 aromatic rings. The minimum Gasteiger partial charge on any atom is -0.409 e. The molecule has 102 valence electrons. The third-order valence-electron chi connectivity index (χ3n) is 3.19. The van der Waals surface area contributed by atoms with Gasteiger partial charge in [-0.05, 0) is 25.0 Å². The third kappa shape index (κ3) is 2.98. The number of amidine groups is 1. The van der Waals surface area contributed by atoms with E-state index >= 15 is 0 Å². The number of halogens is 1. The predicted octanol–water partition coefficient (Wildman–Crippen LogP) is 0.819. The lowest BCUT2D eigenvalue weighted by Gasteiger charge is -2.31. The maximum absolute atomic E-state index is 12.8. The molecule has 0 saturated carbocycles. The summed E-state index contributed by atoms with van der Waals surface area (Å²) in [6, 6.07) is 2.55. The highest BCUT2D eigenvalue weighted by atomic mass is 19.1. The van der Waals surface area contributed by atoms with Crippen LogP contribution >= 0.6 is 0 Å². The molecule has 1 amide bonds. The van der Waals surface area contributed by atoms with Crippen molar-refractivity contribution in [1.29, 1.82) is 0 Å². The molecule has 2 rings (SSSR count). The number of likely N-dealkylation sites (tertiary alicyclic amines) is 1. The Morgan fingerprint density at radius 2 is 2.37 bits per heavy atom. The number of oxime groups is 1. The number of pyridine rings is 1. The van der Waals surface area contributed by atoms with E-state index in [1.165, 1.54) is 12.1 Å². The second-order valence-corrected chi connectivity index (χ2v) is 4.48. The molecule has 19 heavy (non-hydrogen) atoms. The summed E-state index contributed by atoms with van der Waals surface area (Å²) in [5.74, 6) is -0.770. The smallest absolute Gasteiger partial charge is 0.272 e. The van der Waals surface area contributed by atoms with Gasteiger partial charge in [-0.2, -0.15) is 0 Å². The highest BCUT2D eigenvalue weighted by Gasteiger charge is 2.27. The number of carbonyl (C=O) groups is 1. The number of hydrogen-bond acceptors (Lipinski definition) is 4. The van der Waals surface area contributed by atoms with Crippen LogP contribution in [0.5, 0.6) is 0 Å². The molecule has 1 fully saturated rings. The zero-order valence-corrected chi connectivity index (χ0v) is 10.3. The highest BCUT2D eigenvalue weighted by molar-refractivity contribution is 5.93. The summed E-state index contributed by atoms with van der Waals surface area (Å²) in [5.41, 5.74) is 5.76. The Labute approximate surface area is 109 Å². The monoisotopic (exact) mass is 266 g/mol. The zero-order valence-electron chi connectivity index (χ0n) is 10.3. The van der Waals surface area contributed by atoms with Crippen LogP contribution in [0.1, 0.15) is 23.3 Å². The van der Waals surface area contributed by atoms with Gasteiger partial charge >= 0.3 is 0 Å². The van der Waals surface area contributed by atoms with Gasteiger partial charge in [0.1, 0.15) is 17.3 Å². The van der Waals surface area contributed by atoms with Crippen LogP contribution in [0.2, 0.25) is 0 Å². The molecule has 1 aliphatic heterocycles. The van der Waals surface area contributed by atoms with Gasteiger partial charge in [0.05, 0.1) is 6.20 Å². The van der Waals surface area contributed by atoms with E-state index in [0.717, 1.165) is 19.0 Å². The van der Waals surface area contributed by atoms with Crippen LogP contribution in [0, 0.1) is 11.7 Å². The number of aromatic nitrogens is 1. The lowest BCUT2D eigenvalue weighted by Crippen LogP contribution is -2.44. The number of hydrogen-bond donors (Lipinski definition) is 2. The number of piperidine rings is 1. The Bertz CT molecular complexity index is 489. The van der Waals surface area contributed by atoms with Crippen LogP contribution in [-0.2, 0) is 0 Å². The summed E-state index contributed by atoms with van der Waals surface area (Å²) in [7, 11) is 0. The maximum Gasteiger partial charge on any atom is 0.272 e. The van der Waals surface area contributed by atoms with E-state index in [2.05, 4.69) is 10.1 Å². The average molecular weight is 266 g/mol. The van der Waals surface area contributed by atoms with Crippen molar-refractivity contribution in [1.82, 2.24) is 9.88 Å². The van der Waals surface area contributed by atoms with Crippen LogP contribution < -0.4 is 5.73 Å². The fourth-order valence-corrected chi connectivity index (χ4v) is 2.15. The van der Waals surface area contributed by atoms with Crippen LogP contribution in [0.25, 0.3) is 0 Å². The molecule has 0 aliphatic carbocycles. The Kier molecular flexibility index (Phi) is 3.94. The minimum absolute atomic E-state index is 0.129. The molecule has 7 heteroatoms.